The van der Waals surface area contributed by atoms with Crippen molar-refractivity contribution in [3.05, 3.63) is 52.3 Å². The van der Waals surface area contributed by atoms with Crippen molar-refractivity contribution in [1.82, 2.24) is 24.7 Å². The maximum absolute atomic E-state index is 12.9. The molecule has 2 aromatic heterocycles. The van der Waals surface area contributed by atoms with Gasteiger partial charge in [0.25, 0.3) is 11.6 Å². The van der Waals surface area contributed by atoms with Crippen LogP contribution in [0.3, 0.4) is 0 Å². The molecule has 0 atom stereocenters. The first kappa shape index (κ1) is 19.2. The fourth-order valence-corrected chi connectivity index (χ4v) is 4.22. The molecule has 0 N–H and O–H groups in total. The van der Waals surface area contributed by atoms with Gasteiger partial charge in [0.2, 0.25) is 0 Å². The summed E-state index contributed by atoms with van der Waals surface area (Å²) >= 11 is 0. The molecule has 2 fully saturated rings. The molecule has 11 heteroatoms. The SMILES string of the molecule is O=C(c1cc(N2CCN(c3ccc4nncn4n3)CC2)ccc1[N+](=O)[O-])N1CCCC1. The van der Waals surface area contributed by atoms with Gasteiger partial charge in [0.1, 0.15) is 17.7 Å². The van der Waals surface area contributed by atoms with Crippen LogP contribution in [0.15, 0.2) is 36.7 Å². The number of nitro groups is 1. The van der Waals surface area contributed by atoms with E-state index in [-0.39, 0.29) is 17.2 Å². The van der Waals surface area contributed by atoms with Crippen LogP contribution >= 0.6 is 0 Å². The Morgan fingerprint density at radius 2 is 1.71 bits per heavy atom. The summed E-state index contributed by atoms with van der Waals surface area (Å²) in [4.78, 5) is 30.0. The quantitative estimate of drug-likeness (QED) is 0.460. The lowest BCUT2D eigenvalue weighted by atomic mass is 10.1. The Balaban J connectivity index is 1.34. The number of hydrogen-bond acceptors (Lipinski definition) is 8. The first-order valence-corrected chi connectivity index (χ1v) is 10.3. The van der Waals surface area contributed by atoms with E-state index >= 15 is 0 Å². The molecule has 11 nitrogen and oxygen atoms in total. The van der Waals surface area contributed by atoms with Gasteiger partial charge in [-0.3, -0.25) is 14.9 Å². The van der Waals surface area contributed by atoms with Crippen LogP contribution in [0.25, 0.3) is 5.65 Å². The second-order valence-electron chi connectivity index (χ2n) is 7.76. The van der Waals surface area contributed by atoms with E-state index in [0.29, 0.717) is 18.7 Å². The molecule has 31 heavy (non-hydrogen) atoms. The summed E-state index contributed by atoms with van der Waals surface area (Å²) in [6, 6.07) is 8.67. The van der Waals surface area contributed by atoms with Gasteiger partial charge in [-0.15, -0.1) is 15.3 Å². The molecule has 0 saturated carbocycles. The summed E-state index contributed by atoms with van der Waals surface area (Å²) in [5.74, 6) is 0.594. The zero-order chi connectivity index (χ0) is 21.4. The summed E-state index contributed by atoms with van der Waals surface area (Å²) in [6.45, 7) is 4.24. The molecule has 5 rings (SSSR count). The minimum atomic E-state index is -0.474. The van der Waals surface area contributed by atoms with Crippen LogP contribution in [0.2, 0.25) is 0 Å². The van der Waals surface area contributed by atoms with Crippen molar-refractivity contribution in [2.75, 3.05) is 49.1 Å². The van der Waals surface area contributed by atoms with Crippen LogP contribution in [0.1, 0.15) is 23.2 Å². The number of piperazine rings is 1. The van der Waals surface area contributed by atoms with Crippen LogP contribution < -0.4 is 9.80 Å². The molecule has 2 saturated heterocycles. The second kappa shape index (κ2) is 7.82. The van der Waals surface area contributed by atoms with E-state index in [4.69, 9.17) is 0 Å². The Labute approximate surface area is 178 Å². The Kier molecular flexibility index (Phi) is 4.85. The van der Waals surface area contributed by atoms with Crippen molar-refractivity contribution >= 4 is 28.7 Å². The van der Waals surface area contributed by atoms with E-state index < -0.39 is 4.92 Å². The Bertz CT molecular complexity index is 1130. The number of nitro benzene ring substituents is 1. The van der Waals surface area contributed by atoms with Crippen LogP contribution in [0.4, 0.5) is 17.2 Å². The van der Waals surface area contributed by atoms with Gasteiger partial charge in [-0.25, -0.2) is 0 Å². The van der Waals surface area contributed by atoms with Crippen LogP contribution in [-0.2, 0) is 0 Å². The molecular weight excluding hydrogens is 400 g/mol. The molecule has 0 aliphatic carbocycles. The standard InChI is InChI=1S/C20H22N8O3/c29-20(26-7-1-2-8-26)16-13-15(3-4-17(16)28(30)31)24-9-11-25(12-10-24)19-6-5-18-22-21-14-27(18)23-19/h3-6,13-14H,1-2,7-12H2. The van der Waals surface area contributed by atoms with Gasteiger partial charge in [-0.2, -0.15) is 4.52 Å². The first-order chi connectivity index (χ1) is 15.1. The topological polar surface area (TPSA) is 113 Å². The van der Waals surface area contributed by atoms with Gasteiger partial charge in [-0.1, -0.05) is 0 Å². The Morgan fingerprint density at radius 1 is 0.968 bits per heavy atom. The molecule has 0 unspecified atom stereocenters. The summed E-state index contributed by atoms with van der Waals surface area (Å²) < 4.78 is 1.65. The van der Waals surface area contributed by atoms with Gasteiger partial charge < -0.3 is 14.7 Å². The van der Waals surface area contributed by atoms with Crippen molar-refractivity contribution in [2.45, 2.75) is 12.8 Å². The van der Waals surface area contributed by atoms with Gasteiger partial charge >= 0.3 is 0 Å². The third-order valence-electron chi connectivity index (χ3n) is 5.92. The smallest absolute Gasteiger partial charge is 0.282 e. The number of amides is 1. The number of fused-ring (bicyclic) bond motifs is 1. The van der Waals surface area contributed by atoms with Crippen molar-refractivity contribution in [3.8, 4) is 0 Å². The summed E-state index contributed by atoms with van der Waals surface area (Å²) in [6.07, 6.45) is 3.46. The van der Waals surface area contributed by atoms with Gasteiger partial charge in [0, 0.05) is 51.0 Å². The fourth-order valence-electron chi connectivity index (χ4n) is 4.22. The van der Waals surface area contributed by atoms with E-state index in [2.05, 4.69) is 25.1 Å². The third kappa shape index (κ3) is 3.62. The van der Waals surface area contributed by atoms with Gasteiger partial charge in [0.05, 0.1) is 4.92 Å². The molecular formula is C20H22N8O3. The van der Waals surface area contributed by atoms with Crippen molar-refractivity contribution < 1.29 is 9.72 Å². The molecule has 0 radical (unpaired) electrons. The molecule has 3 aromatic rings. The Morgan fingerprint density at radius 3 is 2.45 bits per heavy atom. The van der Waals surface area contributed by atoms with Gasteiger partial charge in [0.15, 0.2) is 5.65 Å². The van der Waals surface area contributed by atoms with Crippen LogP contribution in [0, 0.1) is 10.1 Å². The molecule has 4 heterocycles. The first-order valence-electron chi connectivity index (χ1n) is 10.3. The number of hydrogen-bond donors (Lipinski definition) is 0. The lowest BCUT2D eigenvalue weighted by molar-refractivity contribution is -0.385. The number of anilines is 2. The fraction of sp³-hybridized carbons (Fsp3) is 0.400. The number of nitrogens with zero attached hydrogens (tertiary/aromatic N) is 8. The number of likely N-dealkylation sites (tertiary alicyclic amines) is 1. The highest BCUT2D eigenvalue weighted by Crippen LogP contribution is 2.28. The number of benzene rings is 1. The van der Waals surface area contributed by atoms with Crippen molar-refractivity contribution in [1.29, 1.82) is 0 Å². The molecule has 2 aliphatic heterocycles. The highest BCUT2D eigenvalue weighted by atomic mass is 16.6. The van der Waals surface area contributed by atoms with Crippen LogP contribution in [-0.4, -0.2) is 74.8 Å². The van der Waals surface area contributed by atoms with Crippen molar-refractivity contribution in [3.63, 3.8) is 0 Å². The highest BCUT2D eigenvalue weighted by molar-refractivity contribution is 5.99. The van der Waals surface area contributed by atoms with E-state index in [1.165, 1.54) is 6.07 Å². The molecule has 0 bridgehead atoms. The highest BCUT2D eigenvalue weighted by Gasteiger charge is 2.28. The number of rotatable bonds is 4. The monoisotopic (exact) mass is 422 g/mol. The minimum Gasteiger partial charge on any atom is -0.368 e. The lowest BCUT2D eigenvalue weighted by Gasteiger charge is -2.36. The summed E-state index contributed by atoms with van der Waals surface area (Å²) in [5.41, 5.74) is 1.57. The maximum Gasteiger partial charge on any atom is 0.282 e. The molecule has 1 aromatic carbocycles. The van der Waals surface area contributed by atoms with Gasteiger partial charge in [-0.05, 0) is 37.1 Å². The average Bonchev–Trinajstić information content (AvgIpc) is 3.50. The van der Waals surface area contributed by atoms with E-state index in [1.54, 1.807) is 27.9 Å². The van der Waals surface area contributed by atoms with E-state index in [0.717, 1.165) is 50.5 Å². The van der Waals surface area contributed by atoms with Crippen LogP contribution in [0.5, 0.6) is 0 Å². The number of carbonyl (C=O) groups excluding carboxylic acids is 1. The number of aromatic nitrogens is 4. The van der Waals surface area contributed by atoms with E-state index in [9.17, 15) is 14.9 Å². The second-order valence-corrected chi connectivity index (χ2v) is 7.76. The maximum atomic E-state index is 12.9. The number of carbonyl (C=O) groups is 1. The third-order valence-corrected chi connectivity index (χ3v) is 5.92. The summed E-state index contributed by atoms with van der Waals surface area (Å²) in [5, 5.41) is 23.9. The zero-order valence-electron chi connectivity index (χ0n) is 16.9. The Hall–Kier alpha value is -3.76. The molecule has 2 aliphatic rings. The largest absolute Gasteiger partial charge is 0.368 e. The predicted octanol–water partition coefficient (Wildman–Crippen LogP) is 1.60. The normalized spacial score (nSPS) is 16.8. The minimum absolute atomic E-state index is 0.134. The zero-order valence-corrected chi connectivity index (χ0v) is 16.9. The molecule has 160 valence electrons. The lowest BCUT2D eigenvalue weighted by Crippen LogP contribution is -2.47. The van der Waals surface area contributed by atoms with Crippen molar-refractivity contribution in [2.24, 2.45) is 0 Å². The molecule has 1 amide bonds. The predicted molar refractivity (Wildman–Crippen MR) is 113 cm³/mol. The molecule has 0 spiro atoms. The van der Waals surface area contributed by atoms with E-state index in [1.807, 2.05) is 12.1 Å². The summed E-state index contributed by atoms with van der Waals surface area (Å²) in [7, 11) is 0. The average molecular weight is 422 g/mol.